The molecule has 0 unspecified atom stereocenters. The Kier molecular flexibility index (Phi) is 2.08. The van der Waals surface area contributed by atoms with Crippen LogP contribution in [0.2, 0.25) is 0 Å². The summed E-state index contributed by atoms with van der Waals surface area (Å²) < 4.78 is 2.43. The Balaban J connectivity index is 2.21. The summed E-state index contributed by atoms with van der Waals surface area (Å²) in [6, 6.07) is 10.0. The van der Waals surface area contributed by atoms with Gasteiger partial charge in [-0.3, -0.25) is 0 Å². The molecule has 0 radical (unpaired) electrons. The fourth-order valence-electron chi connectivity index (χ4n) is 3.00. The molecule has 0 N–H and O–H groups in total. The van der Waals surface area contributed by atoms with Crippen LogP contribution < -0.4 is 0 Å². The normalized spacial score (nSPS) is 24.2. The van der Waals surface area contributed by atoms with Crippen LogP contribution in [0.25, 0.3) is 10.9 Å². The minimum Gasteiger partial charge on any atom is -0.343 e. The molecule has 0 saturated carbocycles. The first-order valence-electron chi connectivity index (χ1n) is 5.93. The van der Waals surface area contributed by atoms with Crippen molar-refractivity contribution in [1.29, 1.82) is 0 Å². The molecule has 0 spiro atoms. The number of nitrogens with zero attached hydrogens (tertiary/aromatic N) is 2. The second-order valence-corrected chi connectivity index (χ2v) is 5.05. The quantitative estimate of drug-likeness (QED) is 0.708. The van der Waals surface area contributed by atoms with Gasteiger partial charge in [0.15, 0.2) is 0 Å². The minimum atomic E-state index is 0.558. The maximum absolute atomic E-state index is 2.43. The monoisotopic (exact) mass is 214 g/mol. The van der Waals surface area contributed by atoms with E-state index >= 15 is 0 Å². The van der Waals surface area contributed by atoms with Crippen LogP contribution in [0.4, 0.5) is 0 Å². The maximum atomic E-state index is 2.43. The highest BCUT2D eigenvalue weighted by molar-refractivity contribution is 5.84. The van der Waals surface area contributed by atoms with Gasteiger partial charge < -0.3 is 9.47 Å². The standard InChI is InChI=1S/C14H18N2/c1-10-13(15(2)3)9-12-6-4-5-11-7-8-16(10)14(11)12/h4-8,10,13H,9H2,1-3H3/t10-,13-/m1/s1. The van der Waals surface area contributed by atoms with Crippen LogP contribution in [0.15, 0.2) is 30.5 Å². The average molecular weight is 214 g/mol. The zero-order valence-corrected chi connectivity index (χ0v) is 10.1. The lowest BCUT2D eigenvalue weighted by molar-refractivity contribution is 0.216. The van der Waals surface area contributed by atoms with Gasteiger partial charge in [-0.1, -0.05) is 18.2 Å². The highest BCUT2D eigenvalue weighted by Crippen LogP contribution is 2.33. The molecule has 2 heterocycles. The van der Waals surface area contributed by atoms with Crippen molar-refractivity contribution in [2.24, 2.45) is 0 Å². The van der Waals surface area contributed by atoms with Crippen molar-refractivity contribution in [3.63, 3.8) is 0 Å². The average Bonchev–Trinajstić information content (AvgIpc) is 2.68. The van der Waals surface area contributed by atoms with E-state index in [0.29, 0.717) is 12.1 Å². The number of likely N-dealkylation sites (N-methyl/N-ethyl adjacent to an activating group) is 1. The Morgan fingerprint density at radius 1 is 1.25 bits per heavy atom. The summed E-state index contributed by atoms with van der Waals surface area (Å²) in [5.41, 5.74) is 2.92. The van der Waals surface area contributed by atoms with Crippen LogP contribution in [0, 0.1) is 0 Å². The fraction of sp³-hybridized carbons (Fsp3) is 0.429. The van der Waals surface area contributed by atoms with E-state index in [0.717, 1.165) is 6.42 Å². The summed E-state index contributed by atoms with van der Waals surface area (Å²) in [6.45, 7) is 2.32. The highest BCUT2D eigenvalue weighted by Gasteiger charge is 2.27. The largest absolute Gasteiger partial charge is 0.343 e. The van der Waals surface area contributed by atoms with Crippen molar-refractivity contribution >= 4 is 10.9 Å². The van der Waals surface area contributed by atoms with Crippen LogP contribution in [0.1, 0.15) is 18.5 Å². The Morgan fingerprint density at radius 2 is 2.06 bits per heavy atom. The van der Waals surface area contributed by atoms with Crippen LogP contribution in [-0.2, 0) is 6.42 Å². The molecule has 1 aliphatic rings. The van der Waals surface area contributed by atoms with Crippen LogP contribution in [0.3, 0.4) is 0 Å². The molecule has 2 atom stereocenters. The van der Waals surface area contributed by atoms with E-state index in [1.165, 1.54) is 16.5 Å². The summed E-state index contributed by atoms with van der Waals surface area (Å²) >= 11 is 0. The molecule has 84 valence electrons. The molecule has 1 aromatic carbocycles. The zero-order chi connectivity index (χ0) is 11.3. The van der Waals surface area contributed by atoms with E-state index in [1.807, 2.05) is 0 Å². The second-order valence-electron chi connectivity index (χ2n) is 5.05. The third kappa shape index (κ3) is 1.23. The molecule has 2 heteroatoms. The molecule has 1 aliphatic heterocycles. The first-order chi connectivity index (χ1) is 7.68. The third-order valence-corrected chi connectivity index (χ3v) is 3.91. The van der Waals surface area contributed by atoms with Crippen LogP contribution in [-0.4, -0.2) is 29.6 Å². The van der Waals surface area contributed by atoms with Gasteiger partial charge in [0.25, 0.3) is 0 Å². The number of para-hydroxylation sites is 1. The van der Waals surface area contributed by atoms with Crippen molar-refractivity contribution in [2.75, 3.05) is 14.1 Å². The van der Waals surface area contributed by atoms with Crippen molar-refractivity contribution in [3.05, 3.63) is 36.0 Å². The molecule has 0 amide bonds. The van der Waals surface area contributed by atoms with Crippen LogP contribution >= 0.6 is 0 Å². The fourth-order valence-corrected chi connectivity index (χ4v) is 3.00. The zero-order valence-electron chi connectivity index (χ0n) is 10.1. The number of hydrogen-bond donors (Lipinski definition) is 0. The molecular weight excluding hydrogens is 196 g/mol. The second kappa shape index (κ2) is 3.36. The number of rotatable bonds is 1. The predicted molar refractivity (Wildman–Crippen MR) is 67.8 cm³/mol. The molecular formula is C14H18N2. The lowest BCUT2D eigenvalue weighted by Crippen LogP contribution is -2.39. The van der Waals surface area contributed by atoms with Crippen molar-refractivity contribution in [3.8, 4) is 0 Å². The van der Waals surface area contributed by atoms with E-state index < -0.39 is 0 Å². The van der Waals surface area contributed by atoms with E-state index in [-0.39, 0.29) is 0 Å². The number of aromatic nitrogens is 1. The van der Waals surface area contributed by atoms with Crippen molar-refractivity contribution in [2.45, 2.75) is 25.4 Å². The van der Waals surface area contributed by atoms with Gasteiger partial charge in [0.05, 0.1) is 5.52 Å². The lowest BCUT2D eigenvalue weighted by Gasteiger charge is -2.35. The van der Waals surface area contributed by atoms with Gasteiger partial charge in [-0.15, -0.1) is 0 Å². The maximum Gasteiger partial charge on any atom is 0.0516 e. The summed E-state index contributed by atoms with van der Waals surface area (Å²) in [6.07, 6.45) is 3.39. The first kappa shape index (κ1) is 9.91. The summed E-state index contributed by atoms with van der Waals surface area (Å²) in [4.78, 5) is 2.34. The van der Waals surface area contributed by atoms with Gasteiger partial charge in [0, 0.05) is 18.3 Å². The van der Waals surface area contributed by atoms with E-state index in [1.54, 1.807) is 0 Å². The molecule has 16 heavy (non-hydrogen) atoms. The Bertz CT molecular complexity index is 525. The summed E-state index contributed by atoms with van der Waals surface area (Å²) in [5, 5.41) is 1.38. The van der Waals surface area contributed by atoms with E-state index in [4.69, 9.17) is 0 Å². The molecule has 0 fully saturated rings. The van der Waals surface area contributed by atoms with Gasteiger partial charge in [0.2, 0.25) is 0 Å². The molecule has 0 saturated heterocycles. The molecule has 3 rings (SSSR count). The Labute approximate surface area is 96.5 Å². The van der Waals surface area contributed by atoms with E-state index in [2.05, 4.69) is 60.9 Å². The summed E-state index contributed by atoms with van der Waals surface area (Å²) in [7, 11) is 4.35. The van der Waals surface area contributed by atoms with Crippen molar-refractivity contribution in [1.82, 2.24) is 9.47 Å². The number of hydrogen-bond acceptors (Lipinski definition) is 1. The molecule has 0 aliphatic carbocycles. The van der Waals surface area contributed by atoms with Crippen molar-refractivity contribution < 1.29 is 0 Å². The molecule has 1 aromatic heterocycles. The predicted octanol–water partition coefficient (Wildman–Crippen LogP) is 2.69. The number of benzene rings is 1. The summed E-state index contributed by atoms with van der Waals surface area (Å²) in [5.74, 6) is 0. The highest BCUT2D eigenvalue weighted by atomic mass is 15.2. The Morgan fingerprint density at radius 3 is 2.81 bits per heavy atom. The van der Waals surface area contributed by atoms with E-state index in [9.17, 15) is 0 Å². The topological polar surface area (TPSA) is 8.17 Å². The third-order valence-electron chi connectivity index (χ3n) is 3.91. The van der Waals surface area contributed by atoms with Gasteiger partial charge in [-0.25, -0.2) is 0 Å². The first-order valence-corrected chi connectivity index (χ1v) is 5.93. The molecule has 0 bridgehead atoms. The van der Waals surface area contributed by atoms with Crippen LogP contribution in [0.5, 0.6) is 0 Å². The Hall–Kier alpha value is -1.28. The molecule has 2 nitrogen and oxygen atoms in total. The SMILES string of the molecule is C[C@@H]1[C@H](N(C)C)Cc2cccc3ccn1c23. The van der Waals surface area contributed by atoms with Gasteiger partial charge in [-0.05, 0) is 44.5 Å². The van der Waals surface area contributed by atoms with Gasteiger partial charge in [-0.2, -0.15) is 0 Å². The smallest absolute Gasteiger partial charge is 0.0516 e. The minimum absolute atomic E-state index is 0.558. The van der Waals surface area contributed by atoms with Gasteiger partial charge in [0.1, 0.15) is 0 Å². The lowest BCUT2D eigenvalue weighted by atomic mass is 9.94. The molecule has 2 aromatic rings. The van der Waals surface area contributed by atoms with Gasteiger partial charge >= 0.3 is 0 Å².